The Balaban J connectivity index is 0.000000281. The summed E-state index contributed by atoms with van der Waals surface area (Å²) in [5.41, 5.74) is 10.7. The summed E-state index contributed by atoms with van der Waals surface area (Å²) >= 11 is -1.65. The van der Waals surface area contributed by atoms with E-state index < -0.39 is 90.7 Å². The first-order chi connectivity index (χ1) is 51.2. The molecular formula is C98H143Cl4F5O2SiZr2. The Bertz CT molecular complexity index is 3630. The van der Waals surface area contributed by atoms with Crippen LogP contribution in [0.5, 0.6) is 5.75 Å². The van der Waals surface area contributed by atoms with Gasteiger partial charge in [-0.2, -0.15) is 8.78 Å². The van der Waals surface area contributed by atoms with Crippen LogP contribution in [-0.4, -0.2) is 27.4 Å². The molecule has 0 aromatic heterocycles. The molecule has 9 saturated carbocycles. The quantitative estimate of drug-likeness (QED) is 0.0385. The standard InChI is InChI=1S/C48H74OSi.C46H57F5O.4CH3.4ClH.2Zr/c1-31-26-38-37(33-20-14-11-15-21-33)28-35(47(3,4)5)29-40(38)45(31)50(10,36-24-18-13-19-25-36)46-32(2)27-39-41(46)30-42(48(6,7)8)44(49-9)43(39)34-22-16-12-17-23-34;1-24(2)32-22-36-34(23-33-25(3)20-35-30(14-11-15-31(33)35)27-16-18-29(19-17-27)46(5,6)7)26(4)21-37(36)38(28-12-9-8-10-13-28)44(32)52-45-42(50)40(48)39(47)41(49)43(45)51;;;;;;;;;;/h11-12,14-17,20-23,31-32,35-46H,13,18-19,24-30H2,1-10H3;8-10,12-13,16-19,24-26,30-38,44H,11,14-15,20-23H2,1-7H3;4*1H3;4*1H;;/q;;4*-1;;;;;2*+4/p-4/t31?,32?,35?,37?,38?,39?,40?,41?,42?,43?,44?,45?,46?,50-;;;;;;;;;;;/m0.........../s1. The number of hydrogen-bond acceptors (Lipinski definition) is 2. The predicted octanol–water partition coefficient (Wildman–Crippen LogP) is 31.4. The fraction of sp³-hybridized carbons (Fsp3) is 0.653. The zero-order chi connectivity index (χ0) is 78.2. The van der Waals surface area contributed by atoms with Crippen LogP contribution in [0.1, 0.15) is 264 Å². The van der Waals surface area contributed by atoms with Crippen LogP contribution in [0.25, 0.3) is 0 Å². The number of fused-ring (bicyclic) bond motifs is 4. The monoisotopic (exact) mass is 1790 g/mol. The molecule has 0 N–H and O–H groups in total. The van der Waals surface area contributed by atoms with Crippen molar-refractivity contribution in [3.05, 3.63) is 202 Å². The summed E-state index contributed by atoms with van der Waals surface area (Å²) in [7, 11) is 19.9. The minimum absolute atomic E-state index is 0. The van der Waals surface area contributed by atoms with Crippen molar-refractivity contribution in [3.8, 4) is 5.75 Å². The van der Waals surface area contributed by atoms with Crippen molar-refractivity contribution in [2.24, 2.45) is 117 Å². The van der Waals surface area contributed by atoms with Gasteiger partial charge in [-0.05, 0) is 250 Å². The summed E-state index contributed by atoms with van der Waals surface area (Å²) in [5.74, 6) is 1.19. The molecule has 0 heterocycles. The van der Waals surface area contributed by atoms with Gasteiger partial charge < -0.3 is 39.2 Å². The van der Waals surface area contributed by atoms with Crippen molar-refractivity contribution < 1.29 is 73.1 Å². The number of rotatable bonds is 13. The van der Waals surface area contributed by atoms with Gasteiger partial charge in [0.15, 0.2) is 5.75 Å². The molecule has 0 amide bonds. The number of halogens is 9. The molecule has 622 valence electrons. The van der Waals surface area contributed by atoms with E-state index in [1.807, 2.05) is 37.4 Å². The van der Waals surface area contributed by atoms with E-state index in [-0.39, 0.29) is 64.2 Å². The first-order valence-corrected chi connectivity index (χ1v) is 57.5. The summed E-state index contributed by atoms with van der Waals surface area (Å²) in [6, 6.07) is 43.0. The van der Waals surface area contributed by atoms with Crippen molar-refractivity contribution in [1.29, 1.82) is 0 Å². The van der Waals surface area contributed by atoms with Crippen molar-refractivity contribution in [2.45, 2.75) is 277 Å². The van der Waals surface area contributed by atoms with Gasteiger partial charge in [-0.15, -0.1) is 0 Å². The first-order valence-electron chi connectivity index (χ1n) is 42.1. The van der Waals surface area contributed by atoms with E-state index in [0.717, 1.165) is 82.4 Å². The Morgan fingerprint density at radius 1 is 0.438 bits per heavy atom. The van der Waals surface area contributed by atoms with E-state index in [0.29, 0.717) is 70.7 Å². The molecule has 0 spiro atoms. The third-order valence-corrected chi connectivity index (χ3v) is 38.5. The summed E-state index contributed by atoms with van der Waals surface area (Å²) in [5, 5.41) is 0. The Labute approximate surface area is 718 Å². The molecule has 9 aliphatic carbocycles. The maximum atomic E-state index is 15.2. The zero-order valence-electron chi connectivity index (χ0n) is 72.3. The molecule has 0 bridgehead atoms. The van der Waals surface area contributed by atoms with Gasteiger partial charge in [0.25, 0.3) is 0 Å². The third kappa shape index (κ3) is 20.4. The van der Waals surface area contributed by atoms with E-state index in [2.05, 4.69) is 195 Å². The molecular weight excluding hydrogens is 1660 g/mol. The van der Waals surface area contributed by atoms with Gasteiger partial charge in [0, 0.05) is 18.9 Å². The summed E-state index contributed by atoms with van der Waals surface area (Å²) in [6.07, 6.45) is 22.3. The second-order valence-corrected chi connectivity index (χ2v) is 52.3. The van der Waals surface area contributed by atoms with Gasteiger partial charge in [0.2, 0.25) is 29.1 Å². The van der Waals surface area contributed by atoms with E-state index in [4.69, 9.17) is 43.5 Å². The van der Waals surface area contributed by atoms with Crippen LogP contribution in [0.4, 0.5) is 22.0 Å². The number of benzene rings is 5. The van der Waals surface area contributed by atoms with Crippen LogP contribution in [0.15, 0.2) is 115 Å². The van der Waals surface area contributed by atoms with Crippen molar-refractivity contribution in [2.75, 3.05) is 7.11 Å². The molecule has 9 fully saturated rings. The Morgan fingerprint density at radius 3 is 1.35 bits per heavy atom. The van der Waals surface area contributed by atoms with Crippen LogP contribution in [0, 0.1) is 176 Å². The molecule has 25 unspecified atom stereocenters. The molecule has 5 aromatic carbocycles. The fourth-order valence-corrected chi connectivity index (χ4v) is 35.4. The second-order valence-electron chi connectivity index (χ2n) is 40.0. The Kier molecular flexibility index (Phi) is 36.2. The minimum atomic E-state index is -2.16. The third-order valence-electron chi connectivity index (χ3n) is 31.3. The summed E-state index contributed by atoms with van der Waals surface area (Å²) < 4.78 is 86.1. The molecule has 26 atom stereocenters. The molecule has 2 nitrogen and oxygen atoms in total. The van der Waals surface area contributed by atoms with Crippen LogP contribution in [-0.2, 0) is 51.8 Å². The van der Waals surface area contributed by atoms with Gasteiger partial charge in [-0.1, -0.05) is 264 Å². The van der Waals surface area contributed by atoms with Gasteiger partial charge in [0.05, 0.1) is 14.2 Å². The molecule has 0 radical (unpaired) electrons. The topological polar surface area (TPSA) is 18.5 Å². The van der Waals surface area contributed by atoms with E-state index in [1.54, 1.807) is 11.1 Å². The number of ether oxygens (including phenoxy) is 2. The number of hydrogen-bond donors (Lipinski definition) is 0. The van der Waals surface area contributed by atoms with Gasteiger partial charge in [-0.3, -0.25) is 0 Å². The molecule has 9 aliphatic rings. The first kappa shape index (κ1) is 97.8. The average molecular weight is 1800 g/mol. The van der Waals surface area contributed by atoms with E-state index in [9.17, 15) is 13.2 Å². The normalized spacial score (nSPS) is 34.6. The second kappa shape index (κ2) is 41.5. The van der Waals surface area contributed by atoms with Crippen molar-refractivity contribution in [3.63, 3.8) is 0 Å². The fourth-order valence-electron chi connectivity index (χ4n) is 26.9. The Morgan fingerprint density at radius 2 is 0.866 bits per heavy atom. The molecule has 0 aliphatic heterocycles. The summed E-state index contributed by atoms with van der Waals surface area (Å²) in [4.78, 5) is 0. The molecule has 0 saturated heterocycles. The van der Waals surface area contributed by atoms with Gasteiger partial charge >= 0.3 is 75.7 Å². The van der Waals surface area contributed by atoms with Crippen molar-refractivity contribution in [1.82, 2.24) is 0 Å². The predicted molar refractivity (Wildman–Crippen MR) is 463 cm³/mol. The summed E-state index contributed by atoms with van der Waals surface area (Å²) in [6.45, 7) is 39.8. The molecule has 14 rings (SSSR count). The van der Waals surface area contributed by atoms with E-state index in [1.165, 1.54) is 107 Å². The van der Waals surface area contributed by atoms with Gasteiger partial charge in [-0.25, -0.2) is 13.2 Å². The van der Waals surface area contributed by atoms with Crippen LogP contribution >= 0.6 is 34.1 Å². The average Bonchev–Trinajstić information content (AvgIpc) is 1.53. The van der Waals surface area contributed by atoms with Crippen molar-refractivity contribution >= 4 is 42.1 Å². The Hall–Kier alpha value is -1.35. The van der Waals surface area contributed by atoms with Crippen LogP contribution in [0.3, 0.4) is 0 Å². The zero-order valence-corrected chi connectivity index (χ0v) is 81.2. The molecule has 14 heteroatoms. The number of methoxy groups -OCH3 is 1. The van der Waals surface area contributed by atoms with E-state index >= 15 is 8.78 Å². The van der Waals surface area contributed by atoms with Crippen LogP contribution in [0.2, 0.25) is 23.2 Å². The van der Waals surface area contributed by atoms with Gasteiger partial charge in [0.1, 0.15) is 6.10 Å². The SMILES string of the molecule is CC(C)C1CC2C(CC3C(C)CC4C(c5ccc(C(C)(C)C)cc5)CCCC34)C(C)CC2C(c2ccccc2)C1Oc1c(F)c(F)c(F)c(F)c1F.COC1C(c2ccccc2)C2CC(C)C([Si@@](C)(C3CCCCC3)C3C(C)CC4C(c5ccccc5)CC(C(C)(C)C)CC43)C2CC1C(C)(C)C.[CH3-].[CH3-].[CH3-].[CH3-].[Cl][Zr+2][Cl].[Cl][Zr+2][Cl]. The molecule has 5 aromatic rings. The molecule has 112 heavy (non-hydrogen) atoms. The maximum absolute atomic E-state index is 15.2. The van der Waals surface area contributed by atoms with Crippen LogP contribution < -0.4 is 4.74 Å².